The van der Waals surface area contributed by atoms with Crippen LogP contribution >= 0.6 is 0 Å². The minimum absolute atomic E-state index is 0.00969. The molecule has 6 rings (SSSR count). The highest BCUT2D eigenvalue weighted by molar-refractivity contribution is 5.61. The van der Waals surface area contributed by atoms with Gasteiger partial charge in [0.05, 0.1) is 0 Å². The Bertz CT molecular complexity index is 952. The largest absolute Gasteiger partial charge is 0.481 e. The van der Waals surface area contributed by atoms with Crippen molar-refractivity contribution in [1.82, 2.24) is 9.88 Å². The minimum atomic E-state index is -0.0196. The smallest absolute Gasteiger partial charge is 0.213 e. The molecule has 6 nitrogen and oxygen atoms in total. The minimum Gasteiger partial charge on any atom is -0.481 e. The Hall–Kier alpha value is -2.31. The number of hydrogen-bond donors (Lipinski definition) is 0. The molecule has 6 heteroatoms. The maximum atomic E-state index is 6.78. The van der Waals surface area contributed by atoms with E-state index in [1.807, 2.05) is 24.3 Å². The van der Waals surface area contributed by atoms with Crippen molar-refractivity contribution in [3.8, 4) is 17.4 Å². The normalized spacial score (nSPS) is 33.5. The number of aromatic nitrogens is 1. The standard InChI is InChI=1S/C24H28N2O4/c1-26-12-10-24-16-7-9-19(29-20-5-3-4-11-25-20)23(24)30-22-18(28-14-27-2)8-6-15(21(22)24)13-17(16)26/h3-6,8,11,16-17,19,23H,7,9-10,12-14H2,1-2H3/t16-,17+,19-,23-,24-/m0/s1. The number of hydrogen-bond acceptors (Lipinski definition) is 6. The first-order valence-corrected chi connectivity index (χ1v) is 10.9. The van der Waals surface area contributed by atoms with Crippen LogP contribution in [0.15, 0.2) is 36.5 Å². The third kappa shape index (κ3) is 2.47. The monoisotopic (exact) mass is 408 g/mol. The van der Waals surface area contributed by atoms with Gasteiger partial charge < -0.3 is 23.8 Å². The summed E-state index contributed by atoms with van der Waals surface area (Å²) in [5.74, 6) is 2.95. The first-order valence-electron chi connectivity index (χ1n) is 10.9. The van der Waals surface area contributed by atoms with Gasteiger partial charge in [-0.3, -0.25) is 0 Å². The zero-order valence-electron chi connectivity index (χ0n) is 17.5. The van der Waals surface area contributed by atoms with Gasteiger partial charge in [-0.15, -0.1) is 0 Å². The predicted molar refractivity (Wildman–Crippen MR) is 111 cm³/mol. The average Bonchev–Trinajstić information content (AvgIpc) is 3.12. The van der Waals surface area contributed by atoms with E-state index in [-0.39, 0.29) is 24.4 Å². The topological polar surface area (TPSA) is 53.1 Å². The Kier molecular flexibility index (Phi) is 4.22. The summed E-state index contributed by atoms with van der Waals surface area (Å²) in [5.41, 5.74) is 2.78. The number of nitrogens with zero attached hydrogens (tertiary/aromatic N) is 2. The zero-order valence-corrected chi connectivity index (χ0v) is 17.5. The molecule has 30 heavy (non-hydrogen) atoms. The lowest BCUT2D eigenvalue weighted by Crippen LogP contribution is -2.66. The van der Waals surface area contributed by atoms with E-state index in [2.05, 4.69) is 23.0 Å². The van der Waals surface area contributed by atoms with Crippen LogP contribution in [-0.2, 0) is 16.6 Å². The zero-order chi connectivity index (χ0) is 20.3. The maximum Gasteiger partial charge on any atom is 0.213 e. The molecule has 1 saturated carbocycles. The van der Waals surface area contributed by atoms with Crippen LogP contribution < -0.4 is 14.2 Å². The van der Waals surface area contributed by atoms with Crippen LogP contribution in [0.1, 0.15) is 30.4 Å². The number of ether oxygens (including phenoxy) is 4. The molecule has 2 aromatic rings. The molecule has 0 amide bonds. The van der Waals surface area contributed by atoms with E-state index in [4.69, 9.17) is 18.9 Å². The molecule has 2 aliphatic carbocycles. The highest BCUT2D eigenvalue weighted by atomic mass is 16.7. The van der Waals surface area contributed by atoms with Crippen molar-refractivity contribution in [3.05, 3.63) is 47.7 Å². The average molecular weight is 408 g/mol. The van der Waals surface area contributed by atoms with E-state index < -0.39 is 0 Å². The maximum absolute atomic E-state index is 6.78. The molecule has 1 saturated heterocycles. The molecule has 158 valence electrons. The molecule has 0 radical (unpaired) electrons. The van der Waals surface area contributed by atoms with Gasteiger partial charge in [-0.05, 0) is 62.9 Å². The van der Waals surface area contributed by atoms with Crippen molar-refractivity contribution >= 4 is 0 Å². The molecule has 0 N–H and O–H groups in total. The predicted octanol–water partition coefficient (Wildman–Crippen LogP) is 3.18. The van der Waals surface area contributed by atoms with Crippen LogP contribution in [-0.4, -0.2) is 55.6 Å². The third-order valence-corrected chi connectivity index (χ3v) is 7.77. The lowest BCUT2D eigenvalue weighted by Gasteiger charge is -2.58. The molecular weight excluding hydrogens is 380 g/mol. The Morgan fingerprint density at radius 2 is 2.17 bits per heavy atom. The van der Waals surface area contributed by atoms with Crippen molar-refractivity contribution in [2.24, 2.45) is 5.92 Å². The van der Waals surface area contributed by atoms with Crippen molar-refractivity contribution in [2.45, 2.75) is 49.3 Å². The van der Waals surface area contributed by atoms with Crippen molar-refractivity contribution in [2.75, 3.05) is 27.5 Å². The Balaban J connectivity index is 1.46. The van der Waals surface area contributed by atoms with E-state index >= 15 is 0 Å². The van der Waals surface area contributed by atoms with Crippen LogP contribution in [0.2, 0.25) is 0 Å². The lowest BCUT2D eigenvalue weighted by molar-refractivity contribution is -0.0924. The number of rotatable bonds is 5. The first kappa shape index (κ1) is 18.5. The van der Waals surface area contributed by atoms with Crippen molar-refractivity contribution in [1.29, 1.82) is 0 Å². The number of piperidine rings is 1. The van der Waals surface area contributed by atoms with Crippen molar-refractivity contribution < 1.29 is 18.9 Å². The fourth-order valence-electron chi connectivity index (χ4n) is 6.61. The van der Waals surface area contributed by atoms with E-state index in [0.29, 0.717) is 17.8 Å². The summed E-state index contributed by atoms with van der Waals surface area (Å²) in [6.45, 7) is 1.30. The van der Waals surface area contributed by atoms with Gasteiger partial charge in [0.25, 0.3) is 0 Å². The number of benzene rings is 1. The number of likely N-dealkylation sites (N-methyl/N-ethyl adjacent to an activating group) is 1. The van der Waals surface area contributed by atoms with Gasteiger partial charge in [0.1, 0.15) is 12.2 Å². The summed E-state index contributed by atoms with van der Waals surface area (Å²) < 4.78 is 24.3. The number of methoxy groups -OCH3 is 1. The van der Waals surface area contributed by atoms with Gasteiger partial charge in [-0.2, -0.15) is 0 Å². The van der Waals surface area contributed by atoms with Gasteiger partial charge in [0, 0.05) is 36.4 Å². The summed E-state index contributed by atoms with van der Waals surface area (Å²) >= 11 is 0. The van der Waals surface area contributed by atoms with Crippen LogP contribution in [0.5, 0.6) is 17.4 Å². The lowest BCUT2D eigenvalue weighted by atomic mass is 9.51. The van der Waals surface area contributed by atoms with E-state index in [9.17, 15) is 0 Å². The summed E-state index contributed by atoms with van der Waals surface area (Å²) in [5, 5.41) is 0. The Morgan fingerprint density at radius 3 is 3.00 bits per heavy atom. The fraction of sp³-hybridized carbons (Fsp3) is 0.542. The summed E-state index contributed by atoms with van der Waals surface area (Å²) in [4.78, 5) is 6.97. The number of likely N-dealkylation sites (tertiary alicyclic amines) is 1. The van der Waals surface area contributed by atoms with E-state index in [0.717, 1.165) is 43.7 Å². The molecule has 3 heterocycles. The highest BCUT2D eigenvalue weighted by Crippen LogP contribution is 2.64. The molecular formula is C24H28N2O4. The third-order valence-electron chi connectivity index (χ3n) is 7.77. The molecule has 5 atom stereocenters. The quantitative estimate of drug-likeness (QED) is 0.709. The molecule has 2 bridgehead atoms. The van der Waals surface area contributed by atoms with Crippen LogP contribution in [0.25, 0.3) is 0 Å². The van der Waals surface area contributed by atoms with Gasteiger partial charge in [-0.1, -0.05) is 12.1 Å². The Morgan fingerprint density at radius 1 is 1.23 bits per heavy atom. The summed E-state index contributed by atoms with van der Waals surface area (Å²) in [6, 6.07) is 10.7. The van der Waals surface area contributed by atoms with E-state index in [1.54, 1.807) is 13.3 Å². The van der Waals surface area contributed by atoms with Gasteiger partial charge in [-0.25, -0.2) is 4.98 Å². The van der Waals surface area contributed by atoms with Crippen LogP contribution in [0, 0.1) is 5.92 Å². The molecule has 0 unspecified atom stereocenters. The van der Waals surface area contributed by atoms with Gasteiger partial charge >= 0.3 is 0 Å². The molecule has 2 aliphatic heterocycles. The van der Waals surface area contributed by atoms with Crippen LogP contribution in [0.4, 0.5) is 0 Å². The van der Waals surface area contributed by atoms with E-state index in [1.165, 1.54) is 11.1 Å². The van der Waals surface area contributed by atoms with Crippen LogP contribution in [0.3, 0.4) is 0 Å². The second kappa shape index (κ2) is 6.86. The van der Waals surface area contributed by atoms with Gasteiger partial charge in [0.2, 0.25) is 5.88 Å². The second-order valence-corrected chi connectivity index (χ2v) is 9.07. The summed E-state index contributed by atoms with van der Waals surface area (Å²) in [7, 11) is 3.92. The molecule has 1 aromatic heterocycles. The summed E-state index contributed by atoms with van der Waals surface area (Å²) in [6.07, 6.45) is 6.04. The fourth-order valence-corrected chi connectivity index (χ4v) is 6.61. The molecule has 1 spiro atoms. The Labute approximate surface area is 177 Å². The first-order chi connectivity index (χ1) is 14.7. The number of pyridine rings is 1. The SMILES string of the molecule is COCOc1ccc2c3c1O[C@H]1[C@@H](Oc4ccccn4)CC[C@H]4[C@@H](C2)N(C)CC[C@@]341. The van der Waals surface area contributed by atoms with Crippen molar-refractivity contribution in [3.63, 3.8) is 0 Å². The van der Waals surface area contributed by atoms with Gasteiger partial charge in [0.15, 0.2) is 18.3 Å². The second-order valence-electron chi connectivity index (χ2n) is 9.07. The molecule has 1 aromatic carbocycles. The highest BCUT2D eigenvalue weighted by Gasteiger charge is 2.66. The molecule has 2 fully saturated rings. The molecule has 4 aliphatic rings.